The highest BCUT2D eigenvalue weighted by Gasteiger charge is 2.55. The number of aliphatic hydroxyl groups is 1. The number of likely N-dealkylation sites (tertiary alicyclic amines) is 1. The lowest BCUT2D eigenvalue weighted by Crippen LogP contribution is -2.61. The molecule has 1 N–H and O–H groups in total. The maximum absolute atomic E-state index is 13.2. The zero-order valence-corrected chi connectivity index (χ0v) is 19.4. The number of amides is 1. The van der Waals surface area contributed by atoms with E-state index in [4.69, 9.17) is 9.47 Å². The van der Waals surface area contributed by atoms with E-state index in [1.807, 2.05) is 30.5 Å². The molecule has 3 unspecified atom stereocenters. The summed E-state index contributed by atoms with van der Waals surface area (Å²) < 4.78 is 11.6. The first-order valence-electron chi connectivity index (χ1n) is 11.5. The van der Waals surface area contributed by atoms with Gasteiger partial charge in [-0.15, -0.1) is 0 Å². The summed E-state index contributed by atoms with van der Waals surface area (Å²) in [6.07, 6.45) is 3.65. The number of rotatable bonds is 3. The van der Waals surface area contributed by atoms with E-state index < -0.39 is 6.23 Å². The average molecular weight is 450 g/mol. The van der Waals surface area contributed by atoms with Crippen molar-refractivity contribution in [1.82, 2.24) is 9.91 Å². The van der Waals surface area contributed by atoms with Crippen LogP contribution in [0.1, 0.15) is 40.7 Å². The first-order chi connectivity index (χ1) is 16.0. The molecule has 1 amide bonds. The Bertz CT molecular complexity index is 1070. The molecule has 2 aromatic rings. The van der Waals surface area contributed by atoms with Crippen LogP contribution in [0.25, 0.3) is 0 Å². The number of carbonyl (C=O) groups is 1. The summed E-state index contributed by atoms with van der Waals surface area (Å²) in [7, 11) is 5.51. The normalized spacial score (nSPS) is 29.8. The van der Waals surface area contributed by atoms with Crippen molar-refractivity contribution in [2.45, 2.75) is 43.4 Å². The summed E-state index contributed by atoms with van der Waals surface area (Å²) in [4.78, 5) is 15.7. The van der Waals surface area contributed by atoms with Crippen molar-refractivity contribution in [3.05, 3.63) is 59.2 Å². The minimum absolute atomic E-state index is 0.247. The molecule has 4 atom stereocenters. The molecule has 0 spiro atoms. The van der Waals surface area contributed by atoms with Crippen LogP contribution in [-0.4, -0.2) is 67.2 Å². The molecule has 2 aliphatic heterocycles. The molecule has 0 radical (unpaired) electrons. The number of aliphatic hydroxyl groups excluding tert-OH is 1. The van der Waals surface area contributed by atoms with Gasteiger partial charge in [0.1, 0.15) is 0 Å². The summed E-state index contributed by atoms with van der Waals surface area (Å²) in [5, 5.41) is 17.1. The van der Waals surface area contributed by atoms with E-state index in [0.717, 1.165) is 37.1 Å². The highest BCUT2D eigenvalue weighted by Crippen LogP contribution is 2.57. The monoisotopic (exact) mass is 449 g/mol. The number of hydrogen-bond donors (Lipinski definition) is 1. The maximum Gasteiger partial charge on any atom is 0.276 e. The fourth-order valence-electron chi connectivity index (χ4n) is 6.30. The Morgan fingerprint density at radius 2 is 1.94 bits per heavy atom. The van der Waals surface area contributed by atoms with Gasteiger partial charge in [0.15, 0.2) is 17.7 Å². The van der Waals surface area contributed by atoms with Gasteiger partial charge in [0.25, 0.3) is 5.91 Å². The lowest BCUT2D eigenvalue weighted by atomic mass is 9.54. The quantitative estimate of drug-likeness (QED) is 0.780. The number of benzene rings is 2. The molecule has 0 aromatic heterocycles. The molecule has 33 heavy (non-hydrogen) atoms. The number of hydrogen-bond acceptors (Lipinski definition) is 6. The van der Waals surface area contributed by atoms with E-state index in [1.165, 1.54) is 10.6 Å². The van der Waals surface area contributed by atoms with Gasteiger partial charge in [-0.3, -0.25) is 4.79 Å². The van der Waals surface area contributed by atoms with Gasteiger partial charge >= 0.3 is 0 Å². The van der Waals surface area contributed by atoms with Gasteiger partial charge in [0.05, 0.1) is 14.2 Å². The topological polar surface area (TPSA) is 74.6 Å². The number of methoxy groups -OCH3 is 2. The second-order valence-electron chi connectivity index (χ2n) is 9.33. The van der Waals surface area contributed by atoms with Crippen LogP contribution >= 0.6 is 0 Å². The molecule has 2 bridgehead atoms. The molecule has 7 heteroatoms. The van der Waals surface area contributed by atoms with E-state index in [1.54, 1.807) is 26.4 Å². The smallest absolute Gasteiger partial charge is 0.276 e. The second-order valence-corrected chi connectivity index (χ2v) is 9.33. The van der Waals surface area contributed by atoms with Crippen LogP contribution < -0.4 is 9.47 Å². The van der Waals surface area contributed by atoms with Gasteiger partial charge < -0.3 is 19.5 Å². The summed E-state index contributed by atoms with van der Waals surface area (Å²) in [5.74, 6) is 1.39. The first kappa shape index (κ1) is 21.9. The Morgan fingerprint density at radius 3 is 2.67 bits per heavy atom. The largest absolute Gasteiger partial charge is 0.493 e. The number of likely N-dealkylation sites (N-methyl/N-ethyl adjacent to an activating group) is 1. The van der Waals surface area contributed by atoms with Crippen molar-refractivity contribution >= 4 is 12.1 Å². The van der Waals surface area contributed by atoms with Gasteiger partial charge in [-0.1, -0.05) is 24.3 Å². The fraction of sp³-hybridized carbons (Fsp3) is 0.462. The molecule has 1 aliphatic carbocycles. The van der Waals surface area contributed by atoms with Crippen molar-refractivity contribution in [3.8, 4) is 11.5 Å². The van der Waals surface area contributed by atoms with Crippen LogP contribution in [0.5, 0.6) is 11.5 Å². The van der Waals surface area contributed by atoms with Crippen LogP contribution in [-0.2, 0) is 11.8 Å². The number of hydrazone groups is 1. The maximum atomic E-state index is 13.2. The van der Waals surface area contributed by atoms with Crippen molar-refractivity contribution in [1.29, 1.82) is 0 Å². The van der Waals surface area contributed by atoms with E-state index in [-0.39, 0.29) is 17.2 Å². The molecule has 1 fully saturated rings. The number of piperidine rings is 1. The molecule has 1 saturated heterocycles. The molecular weight excluding hydrogens is 418 g/mol. The lowest BCUT2D eigenvalue weighted by Gasteiger charge is -2.57. The van der Waals surface area contributed by atoms with Crippen molar-refractivity contribution in [2.24, 2.45) is 11.0 Å². The molecule has 7 nitrogen and oxygen atoms in total. The molecule has 2 aromatic carbocycles. The molecule has 174 valence electrons. The van der Waals surface area contributed by atoms with Crippen LogP contribution in [0, 0.1) is 5.92 Å². The molecule has 2 heterocycles. The predicted molar refractivity (Wildman–Crippen MR) is 126 cm³/mol. The summed E-state index contributed by atoms with van der Waals surface area (Å²) in [6, 6.07) is 13.4. The highest BCUT2D eigenvalue weighted by atomic mass is 16.5. The van der Waals surface area contributed by atoms with E-state index in [9.17, 15) is 9.90 Å². The Labute approximate surface area is 194 Å². The molecule has 5 rings (SSSR count). The standard InChI is InChI=1S/C26H31N3O4/c1-28-14-12-26-16-22(30)29(25(31)17-7-5-4-6-8-17)27-13-11-19(26)20(28)15-18-9-10-21(32-2)24(33-3)23(18)26/h4-10,13,19-20,22,30H,11-12,14-16H2,1-3H3/b27-13-/t19?,20-,22?,26?/m0/s1. The van der Waals surface area contributed by atoms with Crippen molar-refractivity contribution in [2.75, 3.05) is 27.8 Å². The van der Waals surface area contributed by atoms with Gasteiger partial charge in [0.2, 0.25) is 0 Å². The van der Waals surface area contributed by atoms with Gasteiger partial charge in [-0.05, 0) is 62.5 Å². The second kappa shape index (κ2) is 8.47. The Balaban J connectivity index is 1.63. The molecule has 3 aliphatic rings. The van der Waals surface area contributed by atoms with Crippen LogP contribution in [0.2, 0.25) is 0 Å². The van der Waals surface area contributed by atoms with E-state index in [2.05, 4.69) is 23.1 Å². The number of nitrogens with zero attached hydrogens (tertiary/aromatic N) is 3. The van der Waals surface area contributed by atoms with Crippen molar-refractivity contribution < 1.29 is 19.4 Å². The summed E-state index contributed by atoms with van der Waals surface area (Å²) in [6.45, 7) is 0.914. The zero-order valence-electron chi connectivity index (χ0n) is 19.4. The zero-order chi connectivity index (χ0) is 23.2. The van der Waals surface area contributed by atoms with Crippen LogP contribution in [0.15, 0.2) is 47.6 Å². The van der Waals surface area contributed by atoms with Crippen LogP contribution in [0.4, 0.5) is 0 Å². The average Bonchev–Trinajstić information content (AvgIpc) is 2.83. The lowest BCUT2D eigenvalue weighted by molar-refractivity contribution is -0.0487. The summed E-state index contributed by atoms with van der Waals surface area (Å²) in [5.41, 5.74) is 2.50. The minimum atomic E-state index is -1.05. The highest BCUT2D eigenvalue weighted by molar-refractivity contribution is 5.94. The Kier molecular flexibility index (Phi) is 5.62. The van der Waals surface area contributed by atoms with Crippen LogP contribution in [0.3, 0.4) is 0 Å². The summed E-state index contributed by atoms with van der Waals surface area (Å²) >= 11 is 0. The first-order valence-corrected chi connectivity index (χ1v) is 11.5. The van der Waals surface area contributed by atoms with E-state index in [0.29, 0.717) is 23.8 Å². The number of carbonyl (C=O) groups excluding carboxylic acids is 1. The third-order valence-corrected chi connectivity index (χ3v) is 7.83. The fourth-order valence-corrected chi connectivity index (χ4v) is 6.30. The predicted octanol–water partition coefficient (Wildman–Crippen LogP) is 3.06. The minimum Gasteiger partial charge on any atom is -0.493 e. The third-order valence-electron chi connectivity index (χ3n) is 7.83. The number of fused-ring (bicyclic) bond motifs is 1. The van der Waals surface area contributed by atoms with E-state index >= 15 is 0 Å². The number of ether oxygens (including phenoxy) is 2. The SMILES string of the molecule is COc1ccc2c(c1OC)C13CCN(C)[C@@H](C2)C1C/C=N\N(C(=O)c1ccccc1)C(O)C3. The van der Waals surface area contributed by atoms with Gasteiger partial charge in [-0.2, -0.15) is 5.10 Å². The molecule has 0 saturated carbocycles. The van der Waals surface area contributed by atoms with Crippen molar-refractivity contribution in [3.63, 3.8) is 0 Å². The Morgan fingerprint density at radius 1 is 1.15 bits per heavy atom. The van der Waals surface area contributed by atoms with Gasteiger partial charge in [-0.25, -0.2) is 5.01 Å². The Hall–Kier alpha value is -2.90. The van der Waals surface area contributed by atoms with Gasteiger partial charge in [0, 0.05) is 35.2 Å². The molecular formula is C26H31N3O4. The third kappa shape index (κ3) is 3.42.